The highest BCUT2D eigenvalue weighted by Crippen LogP contribution is 2.20. The largest absolute Gasteiger partial charge is 0.489 e. The number of nitrogens with one attached hydrogen (secondary N) is 1. The third-order valence-corrected chi connectivity index (χ3v) is 3.73. The summed E-state index contributed by atoms with van der Waals surface area (Å²) in [5.41, 5.74) is 3.44. The van der Waals surface area contributed by atoms with E-state index in [1.54, 1.807) is 0 Å². The van der Waals surface area contributed by atoms with Crippen LogP contribution in [0, 0.1) is 6.92 Å². The predicted molar refractivity (Wildman–Crippen MR) is 96.3 cm³/mol. The van der Waals surface area contributed by atoms with Crippen LogP contribution in [0.2, 0.25) is 0 Å². The van der Waals surface area contributed by atoms with Crippen molar-refractivity contribution in [2.45, 2.75) is 13.5 Å². The Hall–Kier alpha value is -3.07. The van der Waals surface area contributed by atoms with Gasteiger partial charge in [-0.25, -0.2) is 0 Å². The lowest BCUT2D eigenvalue weighted by Gasteiger charge is -2.10. The summed E-state index contributed by atoms with van der Waals surface area (Å²) in [6, 6.07) is 24.9. The molecule has 0 saturated carbocycles. The van der Waals surface area contributed by atoms with Gasteiger partial charge in [0.1, 0.15) is 12.4 Å². The van der Waals surface area contributed by atoms with Crippen molar-refractivity contribution in [3.63, 3.8) is 0 Å². The highest BCUT2D eigenvalue weighted by atomic mass is 16.5. The van der Waals surface area contributed by atoms with Gasteiger partial charge in [0.2, 0.25) is 0 Å². The molecule has 3 aromatic rings. The van der Waals surface area contributed by atoms with Crippen LogP contribution in [0.5, 0.6) is 5.75 Å². The number of benzene rings is 3. The number of aryl methyl sites for hydroxylation is 1. The summed E-state index contributed by atoms with van der Waals surface area (Å²) < 4.78 is 5.79. The molecule has 1 N–H and O–H groups in total. The van der Waals surface area contributed by atoms with Gasteiger partial charge in [-0.1, -0.05) is 54.6 Å². The third kappa shape index (κ3) is 4.02. The first-order valence-electron chi connectivity index (χ1n) is 7.86. The molecule has 1 amide bonds. The molecule has 0 aliphatic carbocycles. The third-order valence-electron chi connectivity index (χ3n) is 3.73. The molecule has 0 spiro atoms. The van der Waals surface area contributed by atoms with Crippen LogP contribution in [0.1, 0.15) is 21.5 Å². The molecule has 24 heavy (non-hydrogen) atoms. The number of ether oxygens (including phenoxy) is 1. The Kier molecular flexibility index (Phi) is 4.92. The second-order valence-corrected chi connectivity index (χ2v) is 5.57. The Morgan fingerprint density at radius 3 is 2.46 bits per heavy atom. The maximum Gasteiger partial charge on any atom is 0.255 e. The van der Waals surface area contributed by atoms with Gasteiger partial charge in [-0.15, -0.1) is 0 Å². The second kappa shape index (κ2) is 7.47. The zero-order chi connectivity index (χ0) is 16.8. The van der Waals surface area contributed by atoms with E-state index in [9.17, 15) is 4.79 Å². The van der Waals surface area contributed by atoms with E-state index in [1.165, 1.54) is 0 Å². The van der Waals surface area contributed by atoms with Crippen molar-refractivity contribution >= 4 is 11.6 Å². The summed E-state index contributed by atoms with van der Waals surface area (Å²) in [7, 11) is 0. The molecule has 0 bridgehead atoms. The minimum absolute atomic E-state index is 0.117. The van der Waals surface area contributed by atoms with E-state index in [1.807, 2.05) is 85.8 Å². The minimum Gasteiger partial charge on any atom is -0.489 e. The quantitative estimate of drug-likeness (QED) is 0.732. The van der Waals surface area contributed by atoms with Crippen LogP contribution in [0.3, 0.4) is 0 Å². The van der Waals surface area contributed by atoms with E-state index in [0.717, 1.165) is 16.9 Å². The molecule has 0 radical (unpaired) electrons. The SMILES string of the molecule is Cc1ccccc1C(=O)Nc1cccc(OCc2ccccc2)c1. The second-order valence-electron chi connectivity index (χ2n) is 5.57. The van der Waals surface area contributed by atoms with E-state index in [0.29, 0.717) is 17.9 Å². The van der Waals surface area contributed by atoms with Crippen molar-refractivity contribution in [2.75, 3.05) is 5.32 Å². The van der Waals surface area contributed by atoms with Gasteiger partial charge in [-0.05, 0) is 36.2 Å². The van der Waals surface area contributed by atoms with Crippen molar-refractivity contribution in [1.82, 2.24) is 0 Å². The fraction of sp³-hybridized carbons (Fsp3) is 0.0952. The number of amides is 1. The molecule has 3 aromatic carbocycles. The first-order chi connectivity index (χ1) is 11.7. The van der Waals surface area contributed by atoms with Gasteiger partial charge in [0, 0.05) is 17.3 Å². The first kappa shape index (κ1) is 15.8. The van der Waals surface area contributed by atoms with Gasteiger partial charge >= 0.3 is 0 Å². The van der Waals surface area contributed by atoms with Gasteiger partial charge < -0.3 is 10.1 Å². The molecule has 3 nitrogen and oxygen atoms in total. The molecule has 120 valence electrons. The Bertz CT molecular complexity index is 828. The molecule has 0 saturated heterocycles. The fourth-order valence-electron chi connectivity index (χ4n) is 2.43. The Labute approximate surface area is 141 Å². The molecule has 0 aromatic heterocycles. The smallest absolute Gasteiger partial charge is 0.255 e. The van der Waals surface area contributed by atoms with Gasteiger partial charge in [0.05, 0.1) is 0 Å². The van der Waals surface area contributed by atoms with Gasteiger partial charge in [0.15, 0.2) is 0 Å². The molecule has 3 rings (SSSR count). The lowest BCUT2D eigenvalue weighted by Crippen LogP contribution is -2.13. The van der Waals surface area contributed by atoms with E-state index < -0.39 is 0 Å². The highest BCUT2D eigenvalue weighted by molar-refractivity contribution is 6.05. The van der Waals surface area contributed by atoms with Crippen molar-refractivity contribution in [3.05, 3.63) is 95.6 Å². The number of hydrogen-bond acceptors (Lipinski definition) is 2. The minimum atomic E-state index is -0.117. The zero-order valence-electron chi connectivity index (χ0n) is 13.5. The van der Waals surface area contributed by atoms with Crippen LogP contribution in [-0.2, 0) is 6.61 Å². The van der Waals surface area contributed by atoms with E-state index in [4.69, 9.17) is 4.74 Å². The standard InChI is InChI=1S/C21H19NO2/c1-16-8-5-6-13-20(16)21(23)22-18-11-7-12-19(14-18)24-15-17-9-3-2-4-10-17/h2-14H,15H2,1H3,(H,22,23). The Morgan fingerprint density at radius 1 is 0.917 bits per heavy atom. The lowest BCUT2D eigenvalue weighted by molar-refractivity contribution is 0.102. The van der Waals surface area contributed by atoms with Crippen LogP contribution >= 0.6 is 0 Å². The van der Waals surface area contributed by atoms with Gasteiger partial charge in [0.25, 0.3) is 5.91 Å². The highest BCUT2D eigenvalue weighted by Gasteiger charge is 2.08. The number of anilines is 1. The number of rotatable bonds is 5. The summed E-state index contributed by atoms with van der Waals surface area (Å²) in [5, 5.41) is 2.92. The predicted octanol–water partition coefficient (Wildman–Crippen LogP) is 4.83. The van der Waals surface area contributed by atoms with Gasteiger partial charge in [-0.2, -0.15) is 0 Å². The molecule has 3 heteroatoms. The molecule has 0 heterocycles. The molecule has 0 atom stereocenters. The fourth-order valence-corrected chi connectivity index (χ4v) is 2.43. The molecular weight excluding hydrogens is 298 g/mol. The summed E-state index contributed by atoms with van der Waals surface area (Å²) in [6.45, 7) is 2.42. The molecule has 0 unspecified atom stereocenters. The average Bonchev–Trinajstić information content (AvgIpc) is 2.61. The number of carbonyl (C=O) groups excluding carboxylic acids is 1. The monoisotopic (exact) mass is 317 g/mol. The van der Waals surface area contributed by atoms with E-state index in [2.05, 4.69) is 5.32 Å². The van der Waals surface area contributed by atoms with Crippen LogP contribution in [-0.4, -0.2) is 5.91 Å². The molecule has 0 aliphatic heterocycles. The number of carbonyl (C=O) groups is 1. The van der Waals surface area contributed by atoms with Crippen LogP contribution in [0.15, 0.2) is 78.9 Å². The van der Waals surface area contributed by atoms with Crippen molar-refractivity contribution in [3.8, 4) is 5.75 Å². The molecule has 0 fully saturated rings. The molecule has 0 aliphatic rings. The van der Waals surface area contributed by atoms with E-state index in [-0.39, 0.29) is 5.91 Å². The zero-order valence-corrected chi connectivity index (χ0v) is 13.5. The maximum absolute atomic E-state index is 12.4. The van der Waals surface area contributed by atoms with Crippen molar-refractivity contribution in [2.24, 2.45) is 0 Å². The normalized spacial score (nSPS) is 10.2. The Morgan fingerprint density at radius 2 is 1.67 bits per heavy atom. The van der Waals surface area contributed by atoms with Gasteiger partial charge in [-0.3, -0.25) is 4.79 Å². The summed E-state index contributed by atoms with van der Waals surface area (Å²) >= 11 is 0. The summed E-state index contributed by atoms with van der Waals surface area (Å²) in [5.74, 6) is 0.606. The lowest BCUT2D eigenvalue weighted by atomic mass is 10.1. The van der Waals surface area contributed by atoms with Crippen molar-refractivity contribution in [1.29, 1.82) is 0 Å². The molecular formula is C21H19NO2. The topological polar surface area (TPSA) is 38.3 Å². The van der Waals surface area contributed by atoms with E-state index >= 15 is 0 Å². The maximum atomic E-state index is 12.4. The number of hydrogen-bond donors (Lipinski definition) is 1. The Balaban J connectivity index is 1.67. The van der Waals surface area contributed by atoms with Crippen LogP contribution in [0.4, 0.5) is 5.69 Å². The average molecular weight is 317 g/mol. The summed E-state index contributed by atoms with van der Waals surface area (Å²) in [4.78, 5) is 12.4. The van der Waals surface area contributed by atoms with Crippen LogP contribution in [0.25, 0.3) is 0 Å². The summed E-state index contributed by atoms with van der Waals surface area (Å²) in [6.07, 6.45) is 0. The first-order valence-corrected chi connectivity index (χ1v) is 7.86. The van der Waals surface area contributed by atoms with Crippen molar-refractivity contribution < 1.29 is 9.53 Å². The van der Waals surface area contributed by atoms with Crippen LogP contribution < -0.4 is 10.1 Å².